The number of aliphatic hydroxyl groups is 2. The van der Waals surface area contributed by atoms with Crippen LogP contribution in [0.5, 0.6) is 0 Å². The Balaban J connectivity index is 1.71. The fourth-order valence-corrected chi connectivity index (χ4v) is 7.14. The van der Waals surface area contributed by atoms with Gasteiger partial charge in [-0.25, -0.2) is 0 Å². The van der Waals surface area contributed by atoms with Gasteiger partial charge in [0.15, 0.2) is 5.78 Å². The minimum Gasteiger partial charge on any atom is -0.459 e. The number of esters is 1. The van der Waals surface area contributed by atoms with E-state index in [1.807, 2.05) is 0 Å². The van der Waals surface area contributed by atoms with Crippen molar-refractivity contribution >= 4 is 11.8 Å². The molecule has 0 amide bonds. The first kappa shape index (κ1) is 21.8. The number of allylic oxidation sites excluding steroid dienone is 4. The third-order valence-corrected chi connectivity index (χ3v) is 8.78. The molecule has 4 aliphatic carbocycles. The van der Waals surface area contributed by atoms with Crippen molar-refractivity contribution < 1.29 is 24.5 Å². The fraction of sp³-hybridized carbons (Fsp3) is 0.760. The van der Waals surface area contributed by atoms with Crippen LogP contribution in [0, 0.1) is 22.7 Å². The maximum Gasteiger partial charge on any atom is 0.305 e. The van der Waals surface area contributed by atoms with Crippen molar-refractivity contribution in [1.29, 1.82) is 0 Å². The first-order chi connectivity index (χ1) is 14.2. The van der Waals surface area contributed by atoms with Gasteiger partial charge >= 0.3 is 5.97 Å². The Labute approximate surface area is 179 Å². The van der Waals surface area contributed by atoms with E-state index in [9.17, 15) is 19.8 Å². The normalized spacial score (nSPS) is 37.6. The number of carbonyl (C=O) groups excluding carboxylic acids is 2. The lowest BCUT2D eigenvalue weighted by atomic mass is 9.50. The first-order valence-corrected chi connectivity index (χ1v) is 11.7. The summed E-state index contributed by atoms with van der Waals surface area (Å²) in [4.78, 5) is 24.9. The zero-order valence-electron chi connectivity index (χ0n) is 18.6. The maximum absolute atomic E-state index is 13.0. The van der Waals surface area contributed by atoms with E-state index < -0.39 is 30.7 Å². The molecule has 166 valence electrons. The highest BCUT2D eigenvalue weighted by Crippen LogP contribution is 2.65. The Kier molecular flexibility index (Phi) is 5.73. The van der Waals surface area contributed by atoms with E-state index in [0.29, 0.717) is 17.8 Å². The summed E-state index contributed by atoms with van der Waals surface area (Å²) in [6, 6.07) is 0. The molecule has 0 aromatic heterocycles. The van der Waals surface area contributed by atoms with E-state index in [0.717, 1.165) is 24.8 Å². The molecule has 0 aromatic carbocycles. The molecular formula is C25H36O5. The maximum atomic E-state index is 13.0. The van der Waals surface area contributed by atoms with Crippen LogP contribution in [-0.4, -0.2) is 40.8 Å². The van der Waals surface area contributed by atoms with Gasteiger partial charge in [-0.3, -0.25) is 9.59 Å². The number of aliphatic hydroxyl groups excluding tert-OH is 2. The molecule has 0 aromatic rings. The van der Waals surface area contributed by atoms with Crippen LogP contribution in [0.15, 0.2) is 22.8 Å². The van der Waals surface area contributed by atoms with Crippen LogP contribution in [0.2, 0.25) is 0 Å². The average Bonchev–Trinajstić information content (AvgIpc) is 3.14. The Morgan fingerprint density at radius 2 is 2.03 bits per heavy atom. The van der Waals surface area contributed by atoms with Crippen molar-refractivity contribution in [3.8, 4) is 0 Å². The number of hydrogen-bond acceptors (Lipinski definition) is 5. The summed E-state index contributed by atoms with van der Waals surface area (Å²) < 4.78 is 5.47. The zero-order chi connectivity index (χ0) is 21.7. The van der Waals surface area contributed by atoms with E-state index in [4.69, 9.17) is 4.74 Å². The molecule has 2 N–H and O–H groups in total. The molecule has 30 heavy (non-hydrogen) atoms. The molecule has 6 atom stereocenters. The van der Waals surface area contributed by atoms with Gasteiger partial charge in [-0.15, -0.1) is 0 Å². The van der Waals surface area contributed by atoms with Crippen LogP contribution in [0.3, 0.4) is 0 Å². The lowest BCUT2D eigenvalue weighted by Gasteiger charge is -2.54. The number of hydrogen-bond donors (Lipinski definition) is 2. The van der Waals surface area contributed by atoms with Gasteiger partial charge in [0.1, 0.15) is 12.2 Å². The van der Waals surface area contributed by atoms with Crippen molar-refractivity contribution in [2.45, 2.75) is 90.8 Å². The standard InChI is InChI=1S/C25H36O5/c1-4-22(29)30-23(20(28)14-26)17-13-16-15(12-19(17)27)7-11-25(3)18(16)8-10-24(2)9-5-6-21(24)25/h12,17,20-21,23,26,28H,4-11,13-14H2,1-3H3/t17?,20?,21-,23?,24+,25?/m1/s1. The smallest absolute Gasteiger partial charge is 0.305 e. The SMILES string of the molecule is CCC(=O)OC(C(O)CO)C1CC2=C3CC[C@]4(C)CCC[C@H]4C3(C)CCC2=CC1=O. The molecule has 4 unspecified atom stereocenters. The lowest BCUT2D eigenvalue weighted by molar-refractivity contribution is -0.162. The highest BCUT2D eigenvalue weighted by atomic mass is 16.6. The van der Waals surface area contributed by atoms with Gasteiger partial charge in [-0.1, -0.05) is 32.8 Å². The van der Waals surface area contributed by atoms with Gasteiger partial charge < -0.3 is 14.9 Å². The van der Waals surface area contributed by atoms with Crippen LogP contribution in [0.1, 0.15) is 78.6 Å². The molecule has 5 nitrogen and oxygen atoms in total. The van der Waals surface area contributed by atoms with Crippen molar-refractivity contribution in [2.24, 2.45) is 22.7 Å². The van der Waals surface area contributed by atoms with Gasteiger partial charge in [-0.05, 0) is 78.9 Å². The van der Waals surface area contributed by atoms with E-state index in [1.54, 1.807) is 13.0 Å². The fourth-order valence-electron chi connectivity index (χ4n) is 7.14. The molecule has 2 fully saturated rings. The largest absolute Gasteiger partial charge is 0.459 e. The monoisotopic (exact) mass is 416 g/mol. The van der Waals surface area contributed by atoms with E-state index in [2.05, 4.69) is 13.8 Å². The Morgan fingerprint density at radius 3 is 2.73 bits per heavy atom. The van der Waals surface area contributed by atoms with Crippen molar-refractivity contribution in [3.05, 3.63) is 22.8 Å². The summed E-state index contributed by atoms with van der Waals surface area (Å²) in [5.41, 5.74) is 4.51. The predicted molar refractivity (Wildman–Crippen MR) is 114 cm³/mol. The summed E-state index contributed by atoms with van der Waals surface area (Å²) in [7, 11) is 0. The summed E-state index contributed by atoms with van der Waals surface area (Å²) in [6.07, 6.45) is 8.33. The third kappa shape index (κ3) is 3.38. The lowest BCUT2D eigenvalue weighted by Crippen LogP contribution is -2.47. The summed E-state index contributed by atoms with van der Waals surface area (Å²) in [5.74, 6) is -0.495. The molecule has 4 aliphatic rings. The minimum atomic E-state index is -1.26. The van der Waals surface area contributed by atoms with Crippen molar-refractivity contribution in [2.75, 3.05) is 6.61 Å². The molecule has 0 saturated heterocycles. The van der Waals surface area contributed by atoms with Crippen LogP contribution < -0.4 is 0 Å². The van der Waals surface area contributed by atoms with Gasteiger partial charge in [0.25, 0.3) is 0 Å². The second-order valence-electron chi connectivity index (χ2n) is 10.4. The van der Waals surface area contributed by atoms with Gasteiger partial charge in [0, 0.05) is 6.42 Å². The van der Waals surface area contributed by atoms with Gasteiger partial charge in [0.05, 0.1) is 12.5 Å². The predicted octanol–water partition coefficient (Wildman–Crippen LogP) is 3.87. The quantitative estimate of drug-likeness (QED) is 0.665. The molecule has 4 rings (SSSR count). The van der Waals surface area contributed by atoms with Crippen LogP contribution in [-0.2, 0) is 14.3 Å². The summed E-state index contributed by atoms with van der Waals surface area (Å²) in [5, 5.41) is 19.9. The molecule has 0 heterocycles. The number of ketones is 1. The van der Waals surface area contributed by atoms with Crippen LogP contribution in [0.25, 0.3) is 0 Å². The van der Waals surface area contributed by atoms with E-state index in [-0.39, 0.29) is 17.6 Å². The third-order valence-electron chi connectivity index (χ3n) is 8.78. The van der Waals surface area contributed by atoms with E-state index in [1.165, 1.54) is 36.8 Å². The summed E-state index contributed by atoms with van der Waals surface area (Å²) in [6.45, 7) is 6.05. The second-order valence-corrected chi connectivity index (χ2v) is 10.4. The van der Waals surface area contributed by atoms with Crippen LogP contribution in [0.4, 0.5) is 0 Å². The summed E-state index contributed by atoms with van der Waals surface area (Å²) >= 11 is 0. The molecule has 0 radical (unpaired) electrons. The average molecular weight is 417 g/mol. The van der Waals surface area contributed by atoms with Gasteiger partial charge in [-0.2, -0.15) is 0 Å². The second kappa shape index (κ2) is 7.90. The Bertz CT molecular complexity index is 795. The number of carbonyl (C=O) groups is 2. The minimum absolute atomic E-state index is 0.0964. The molecule has 5 heteroatoms. The molecule has 0 aliphatic heterocycles. The van der Waals surface area contributed by atoms with E-state index >= 15 is 0 Å². The molecular weight excluding hydrogens is 380 g/mol. The highest BCUT2D eigenvalue weighted by molar-refractivity contribution is 5.95. The number of ether oxygens (including phenoxy) is 1. The molecule has 2 saturated carbocycles. The van der Waals surface area contributed by atoms with Gasteiger partial charge in [0.2, 0.25) is 0 Å². The topological polar surface area (TPSA) is 83.8 Å². The highest BCUT2D eigenvalue weighted by Gasteiger charge is 2.55. The number of rotatable bonds is 5. The Morgan fingerprint density at radius 1 is 1.27 bits per heavy atom. The first-order valence-electron chi connectivity index (χ1n) is 11.7. The number of fused-ring (bicyclic) bond motifs is 4. The molecule has 0 bridgehead atoms. The zero-order valence-corrected chi connectivity index (χ0v) is 18.6. The molecule has 0 spiro atoms. The van der Waals surface area contributed by atoms with Crippen molar-refractivity contribution in [1.82, 2.24) is 0 Å². The Hall–Kier alpha value is -1.46. The van der Waals surface area contributed by atoms with Crippen molar-refractivity contribution in [3.63, 3.8) is 0 Å². The van der Waals surface area contributed by atoms with Crippen LogP contribution >= 0.6 is 0 Å².